The van der Waals surface area contributed by atoms with Crippen molar-refractivity contribution in [3.8, 4) is 11.5 Å². The van der Waals surface area contributed by atoms with E-state index in [0.29, 0.717) is 42.2 Å². The summed E-state index contributed by atoms with van der Waals surface area (Å²) in [5.41, 5.74) is 4.41. The molecule has 1 heterocycles. The van der Waals surface area contributed by atoms with E-state index in [1.165, 1.54) is 5.01 Å². The molecule has 2 aromatic rings. The molecule has 8 nitrogen and oxygen atoms in total. The molecule has 0 aromatic heterocycles. The minimum Gasteiger partial charge on any atom is -0.493 e. The molecule has 4 rings (SSSR count). The van der Waals surface area contributed by atoms with Crippen molar-refractivity contribution in [1.29, 1.82) is 0 Å². The fraction of sp³-hybridized carbons (Fsp3) is 0.370. The summed E-state index contributed by atoms with van der Waals surface area (Å²) in [5, 5.41) is 4.25. The molecular formula is C27H31N3O5. The van der Waals surface area contributed by atoms with E-state index < -0.39 is 0 Å². The van der Waals surface area contributed by atoms with Gasteiger partial charge in [0.2, 0.25) is 11.8 Å². The highest BCUT2D eigenvalue weighted by Gasteiger charge is 2.42. The number of carbonyl (C=O) groups excluding carboxylic acids is 3. The average Bonchev–Trinajstić information content (AvgIpc) is 2.89. The lowest BCUT2D eigenvalue weighted by Crippen LogP contribution is -2.59. The molecule has 1 aliphatic heterocycles. The van der Waals surface area contributed by atoms with E-state index >= 15 is 0 Å². The number of benzene rings is 2. The number of anilines is 1. The molecule has 0 spiro atoms. The van der Waals surface area contributed by atoms with Gasteiger partial charge in [0.15, 0.2) is 11.5 Å². The number of carbonyl (C=O) groups is 3. The van der Waals surface area contributed by atoms with Gasteiger partial charge in [-0.15, -0.1) is 0 Å². The Labute approximate surface area is 205 Å². The van der Waals surface area contributed by atoms with Crippen molar-refractivity contribution >= 4 is 23.4 Å². The maximum absolute atomic E-state index is 13.1. The third-order valence-electron chi connectivity index (χ3n) is 6.39. The second kappa shape index (κ2) is 10.6. The van der Waals surface area contributed by atoms with Gasteiger partial charge in [-0.25, -0.2) is 5.01 Å². The fourth-order valence-corrected chi connectivity index (χ4v) is 4.42. The molecule has 184 valence electrons. The molecule has 2 N–H and O–H groups in total. The van der Waals surface area contributed by atoms with Crippen molar-refractivity contribution in [1.82, 2.24) is 10.7 Å². The number of fused-ring (bicyclic) bond motifs is 1. The molecule has 8 heteroatoms. The van der Waals surface area contributed by atoms with E-state index in [4.69, 9.17) is 9.47 Å². The van der Waals surface area contributed by atoms with Gasteiger partial charge in [0, 0.05) is 5.56 Å². The Morgan fingerprint density at radius 2 is 1.89 bits per heavy atom. The highest BCUT2D eigenvalue weighted by Crippen LogP contribution is 2.33. The van der Waals surface area contributed by atoms with Crippen LogP contribution in [0.15, 0.2) is 54.6 Å². The number of nitrogens with one attached hydrogen (secondary N) is 2. The van der Waals surface area contributed by atoms with Gasteiger partial charge >= 0.3 is 0 Å². The summed E-state index contributed by atoms with van der Waals surface area (Å²) in [6.07, 6.45) is 5.88. The molecule has 2 aromatic carbocycles. The van der Waals surface area contributed by atoms with Crippen LogP contribution in [0.25, 0.3) is 0 Å². The third-order valence-corrected chi connectivity index (χ3v) is 6.39. The smallest absolute Gasteiger partial charge is 0.251 e. The maximum Gasteiger partial charge on any atom is 0.251 e. The molecule has 1 aliphatic carbocycles. The Bertz CT molecular complexity index is 1150. The van der Waals surface area contributed by atoms with Gasteiger partial charge in [-0.3, -0.25) is 19.8 Å². The fourth-order valence-electron chi connectivity index (χ4n) is 4.42. The molecule has 1 fully saturated rings. The van der Waals surface area contributed by atoms with Crippen molar-refractivity contribution in [2.75, 3.05) is 18.7 Å². The number of nitrogens with zero attached hydrogens (tertiary/aromatic N) is 1. The SMILES string of the molecule is CCCOc1ccc(C(C)NC(=O)c2cccc(N3NC(=O)C4CC=CCC4C3=O)c2)cc1OC. The van der Waals surface area contributed by atoms with E-state index in [9.17, 15) is 14.4 Å². The number of amides is 3. The molecule has 35 heavy (non-hydrogen) atoms. The van der Waals surface area contributed by atoms with E-state index in [1.54, 1.807) is 31.4 Å². The van der Waals surface area contributed by atoms with Crippen molar-refractivity contribution in [3.05, 3.63) is 65.7 Å². The molecule has 2 aliphatic rings. The number of allylic oxidation sites excluding steroid dienone is 2. The standard InChI is InChI=1S/C27H31N3O5/c1-4-14-35-23-13-12-18(16-24(23)34-3)17(2)28-25(31)19-8-7-9-20(15-19)30-27(33)22-11-6-5-10-21(22)26(32)29-30/h5-9,12-13,15-17,21-22H,4,10-11,14H2,1-3H3,(H,28,31)(H,29,32). The molecule has 3 amide bonds. The van der Waals surface area contributed by atoms with Crippen molar-refractivity contribution in [2.24, 2.45) is 11.8 Å². The first-order valence-electron chi connectivity index (χ1n) is 11.9. The van der Waals surface area contributed by atoms with Crippen LogP contribution in [0.1, 0.15) is 55.1 Å². The normalized spacial score (nSPS) is 20.0. The second-order valence-corrected chi connectivity index (χ2v) is 8.81. The monoisotopic (exact) mass is 477 g/mol. The van der Waals surface area contributed by atoms with E-state index in [1.807, 2.05) is 44.2 Å². The van der Waals surface area contributed by atoms with E-state index in [-0.39, 0.29) is 35.6 Å². The van der Waals surface area contributed by atoms with Gasteiger partial charge in [-0.1, -0.05) is 31.2 Å². The molecule has 0 bridgehead atoms. The number of ether oxygens (including phenoxy) is 2. The van der Waals surface area contributed by atoms with E-state index in [2.05, 4.69) is 10.7 Å². The zero-order valence-electron chi connectivity index (χ0n) is 20.2. The first kappa shape index (κ1) is 24.3. The molecular weight excluding hydrogens is 446 g/mol. The lowest BCUT2D eigenvalue weighted by Gasteiger charge is -2.38. The Kier molecular flexibility index (Phi) is 7.39. The topological polar surface area (TPSA) is 97.0 Å². The lowest BCUT2D eigenvalue weighted by atomic mass is 9.80. The number of hydrazine groups is 1. The predicted molar refractivity (Wildman–Crippen MR) is 132 cm³/mol. The summed E-state index contributed by atoms with van der Waals surface area (Å²) < 4.78 is 11.2. The number of rotatable bonds is 8. The molecule has 0 saturated carbocycles. The van der Waals surface area contributed by atoms with Gasteiger partial charge in [0.25, 0.3) is 5.91 Å². The number of hydrogen-bond acceptors (Lipinski definition) is 5. The summed E-state index contributed by atoms with van der Waals surface area (Å²) >= 11 is 0. The Balaban J connectivity index is 1.48. The lowest BCUT2D eigenvalue weighted by molar-refractivity contribution is -0.139. The first-order valence-corrected chi connectivity index (χ1v) is 11.9. The number of methoxy groups -OCH3 is 1. The van der Waals surface area contributed by atoms with Crippen LogP contribution >= 0.6 is 0 Å². The number of hydrogen-bond donors (Lipinski definition) is 2. The minimum absolute atomic E-state index is 0.164. The summed E-state index contributed by atoms with van der Waals surface area (Å²) in [4.78, 5) is 38.7. The van der Waals surface area contributed by atoms with Crippen molar-refractivity contribution < 1.29 is 23.9 Å². The van der Waals surface area contributed by atoms with Crippen LogP contribution in [0.2, 0.25) is 0 Å². The van der Waals surface area contributed by atoms with Gasteiger partial charge in [0.05, 0.1) is 37.3 Å². The zero-order chi connectivity index (χ0) is 24.9. The molecule has 1 saturated heterocycles. The predicted octanol–water partition coefficient (Wildman–Crippen LogP) is 3.94. The largest absolute Gasteiger partial charge is 0.493 e. The van der Waals surface area contributed by atoms with Gasteiger partial charge in [-0.05, 0) is 62.1 Å². The highest BCUT2D eigenvalue weighted by molar-refractivity contribution is 6.05. The van der Waals surface area contributed by atoms with Crippen LogP contribution in [0, 0.1) is 11.8 Å². The Morgan fingerprint density at radius 3 is 2.63 bits per heavy atom. The quantitative estimate of drug-likeness (QED) is 0.562. The van der Waals surface area contributed by atoms with Crippen LogP contribution in [0.5, 0.6) is 11.5 Å². The summed E-state index contributed by atoms with van der Waals surface area (Å²) in [7, 11) is 1.58. The van der Waals surface area contributed by atoms with Gasteiger partial charge in [-0.2, -0.15) is 0 Å². The van der Waals surface area contributed by atoms with Crippen molar-refractivity contribution in [2.45, 2.75) is 39.2 Å². The minimum atomic E-state index is -0.384. The summed E-state index contributed by atoms with van der Waals surface area (Å²) in [5.74, 6) is -0.0937. The Hall–Kier alpha value is -3.81. The highest BCUT2D eigenvalue weighted by atomic mass is 16.5. The summed E-state index contributed by atoms with van der Waals surface area (Å²) in [6, 6.07) is 12.0. The van der Waals surface area contributed by atoms with Crippen LogP contribution in [0.4, 0.5) is 5.69 Å². The summed E-state index contributed by atoms with van der Waals surface area (Å²) in [6.45, 7) is 4.51. The molecule has 0 radical (unpaired) electrons. The van der Waals surface area contributed by atoms with Crippen LogP contribution < -0.4 is 25.2 Å². The van der Waals surface area contributed by atoms with Crippen LogP contribution in [-0.2, 0) is 9.59 Å². The zero-order valence-corrected chi connectivity index (χ0v) is 20.2. The second-order valence-electron chi connectivity index (χ2n) is 8.81. The van der Waals surface area contributed by atoms with Crippen LogP contribution in [0.3, 0.4) is 0 Å². The van der Waals surface area contributed by atoms with Crippen molar-refractivity contribution in [3.63, 3.8) is 0 Å². The average molecular weight is 478 g/mol. The van der Waals surface area contributed by atoms with E-state index in [0.717, 1.165) is 12.0 Å². The first-order chi connectivity index (χ1) is 16.9. The molecule has 3 unspecified atom stereocenters. The third kappa shape index (κ3) is 5.16. The van der Waals surface area contributed by atoms with Crippen LogP contribution in [-0.4, -0.2) is 31.4 Å². The molecule has 3 atom stereocenters. The maximum atomic E-state index is 13.1. The van der Waals surface area contributed by atoms with Gasteiger partial charge < -0.3 is 14.8 Å². The Morgan fingerprint density at radius 1 is 1.11 bits per heavy atom. The van der Waals surface area contributed by atoms with Gasteiger partial charge in [0.1, 0.15) is 0 Å².